The van der Waals surface area contributed by atoms with Crippen molar-refractivity contribution in [2.75, 3.05) is 0 Å². The van der Waals surface area contributed by atoms with Gasteiger partial charge in [0.25, 0.3) is 5.56 Å². The number of aryl methyl sites for hydroxylation is 1. The second kappa shape index (κ2) is 4.48. The fourth-order valence-electron chi connectivity index (χ4n) is 1.73. The van der Waals surface area contributed by atoms with Crippen LogP contribution in [0.15, 0.2) is 29.1 Å². The summed E-state index contributed by atoms with van der Waals surface area (Å²) in [6, 6.07) is 5.21. The van der Waals surface area contributed by atoms with E-state index < -0.39 is 17.3 Å². The van der Waals surface area contributed by atoms with Crippen molar-refractivity contribution in [2.45, 2.75) is 13.3 Å². The van der Waals surface area contributed by atoms with Crippen molar-refractivity contribution in [1.29, 1.82) is 0 Å². The minimum absolute atomic E-state index is 0.276. The smallest absolute Gasteiger partial charge is 0.343 e. The average Bonchev–Trinajstić information content (AvgIpc) is 2.67. The van der Waals surface area contributed by atoms with Gasteiger partial charge in [0.1, 0.15) is 11.4 Å². The standard InChI is InChI=1S/C12H11FN2O3/c1-2-9-10(12(17)18)11(16)15(14-9)8-5-3-7(13)4-6-8/h3-6,14H,2H2,1H3,(H,17,18). The molecule has 94 valence electrons. The normalized spacial score (nSPS) is 10.6. The Morgan fingerprint density at radius 3 is 2.44 bits per heavy atom. The van der Waals surface area contributed by atoms with E-state index in [0.29, 0.717) is 17.8 Å². The highest BCUT2D eigenvalue weighted by Crippen LogP contribution is 2.09. The highest BCUT2D eigenvalue weighted by Gasteiger charge is 2.19. The van der Waals surface area contributed by atoms with Crippen LogP contribution in [0.5, 0.6) is 0 Å². The van der Waals surface area contributed by atoms with Gasteiger partial charge in [0.2, 0.25) is 0 Å². The third kappa shape index (κ3) is 1.92. The number of aromatic amines is 1. The van der Waals surface area contributed by atoms with Crippen LogP contribution in [0.4, 0.5) is 4.39 Å². The van der Waals surface area contributed by atoms with Crippen LogP contribution in [-0.2, 0) is 6.42 Å². The molecule has 0 aliphatic rings. The number of benzene rings is 1. The van der Waals surface area contributed by atoms with E-state index in [1.807, 2.05) is 0 Å². The van der Waals surface area contributed by atoms with Gasteiger partial charge in [0.15, 0.2) is 0 Å². The molecule has 1 aromatic heterocycles. The number of rotatable bonds is 3. The molecule has 0 fully saturated rings. The summed E-state index contributed by atoms with van der Waals surface area (Å²) < 4.78 is 13.9. The molecule has 0 saturated heterocycles. The van der Waals surface area contributed by atoms with Crippen LogP contribution in [0.3, 0.4) is 0 Å². The zero-order chi connectivity index (χ0) is 13.3. The number of nitrogens with zero attached hydrogens (tertiary/aromatic N) is 1. The molecule has 0 radical (unpaired) electrons. The van der Waals surface area contributed by atoms with Gasteiger partial charge in [0.05, 0.1) is 11.4 Å². The summed E-state index contributed by atoms with van der Waals surface area (Å²) in [5.74, 6) is -1.69. The molecule has 0 saturated carbocycles. The summed E-state index contributed by atoms with van der Waals surface area (Å²) in [4.78, 5) is 22.9. The second-order valence-electron chi connectivity index (χ2n) is 3.74. The van der Waals surface area contributed by atoms with E-state index in [-0.39, 0.29) is 5.56 Å². The van der Waals surface area contributed by atoms with Crippen LogP contribution in [-0.4, -0.2) is 20.9 Å². The number of carboxylic acids is 1. The lowest BCUT2D eigenvalue weighted by Crippen LogP contribution is -2.20. The van der Waals surface area contributed by atoms with E-state index in [1.54, 1.807) is 6.92 Å². The van der Waals surface area contributed by atoms with E-state index in [1.165, 1.54) is 24.3 Å². The van der Waals surface area contributed by atoms with Crippen molar-refractivity contribution < 1.29 is 14.3 Å². The molecular formula is C12H11FN2O3. The molecule has 0 aliphatic carbocycles. The molecule has 18 heavy (non-hydrogen) atoms. The van der Waals surface area contributed by atoms with Crippen LogP contribution in [0.1, 0.15) is 23.0 Å². The van der Waals surface area contributed by atoms with Crippen molar-refractivity contribution in [3.8, 4) is 5.69 Å². The number of hydrogen-bond donors (Lipinski definition) is 2. The molecule has 0 bridgehead atoms. The van der Waals surface area contributed by atoms with Crippen LogP contribution < -0.4 is 5.56 Å². The van der Waals surface area contributed by atoms with Gasteiger partial charge >= 0.3 is 5.97 Å². The van der Waals surface area contributed by atoms with E-state index >= 15 is 0 Å². The topological polar surface area (TPSA) is 75.1 Å². The zero-order valence-corrected chi connectivity index (χ0v) is 9.61. The van der Waals surface area contributed by atoms with Gasteiger partial charge in [-0.15, -0.1) is 0 Å². The van der Waals surface area contributed by atoms with Gasteiger partial charge in [-0.25, -0.2) is 13.9 Å². The van der Waals surface area contributed by atoms with E-state index in [9.17, 15) is 14.0 Å². The summed E-state index contributed by atoms with van der Waals surface area (Å²) in [7, 11) is 0. The van der Waals surface area contributed by atoms with Crippen molar-refractivity contribution in [3.63, 3.8) is 0 Å². The molecular weight excluding hydrogens is 239 g/mol. The fourth-order valence-corrected chi connectivity index (χ4v) is 1.73. The number of hydrogen-bond acceptors (Lipinski definition) is 2. The number of H-pyrrole nitrogens is 1. The summed E-state index contributed by atoms with van der Waals surface area (Å²) in [6.45, 7) is 1.74. The molecule has 2 aromatic rings. The lowest BCUT2D eigenvalue weighted by atomic mass is 10.2. The van der Waals surface area contributed by atoms with E-state index in [0.717, 1.165) is 4.68 Å². The maximum Gasteiger partial charge on any atom is 0.343 e. The number of halogens is 1. The maximum absolute atomic E-state index is 12.8. The summed E-state index contributed by atoms with van der Waals surface area (Å²) >= 11 is 0. The van der Waals surface area contributed by atoms with Crippen LogP contribution >= 0.6 is 0 Å². The van der Waals surface area contributed by atoms with Gasteiger partial charge in [-0.1, -0.05) is 6.92 Å². The molecule has 2 rings (SSSR count). The van der Waals surface area contributed by atoms with Crippen LogP contribution in [0.25, 0.3) is 5.69 Å². The SMILES string of the molecule is CCc1[nH]n(-c2ccc(F)cc2)c(=O)c1C(=O)O. The van der Waals surface area contributed by atoms with Crippen molar-refractivity contribution >= 4 is 5.97 Å². The quantitative estimate of drug-likeness (QED) is 0.868. The molecule has 6 heteroatoms. The van der Waals surface area contributed by atoms with Gasteiger partial charge in [-0.05, 0) is 30.7 Å². The molecule has 0 atom stereocenters. The predicted octanol–water partition coefficient (Wildman–Crippen LogP) is 1.57. The monoisotopic (exact) mass is 250 g/mol. The molecule has 0 aliphatic heterocycles. The Bertz CT molecular complexity index is 640. The minimum atomic E-state index is -1.27. The Balaban J connectivity index is 2.63. The Hall–Kier alpha value is -2.37. The van der Waals surface area contributed by atoms with Gasteiger partial charge in [0, 0.05) is 0 Å². The fraction of sp³-hybridized carbons (Fsp3) is 0.167. The number of carbonyl (C=O) groups is 1. The van der Waals surface area contributed by atoms with Gasteiger partial charge in [-0.2, -0.15) is 0 Å². The molecule has 0 amide bonds. The molecule has 0 unspecified atom stereocenters. The van der Waals surface area contributed by atoms with Crippen molar-refractivity contribution in [2.24, 2.45) is 0 Å². The first kappa shape index (κ1) is 12.1. The minimum Gasteiger partial charge on any atom is -0.477 e. The number of aromatic carboxylic acids is 1. The summed E-state index contributed by atoms with van der Waals surface area (Å²) in [5.41, 5.74) is -0.187. The third-order valence-electron chi connectivity index (χ3n) is 2.62. The van der Waals surface area contributed by atoms with Gasteiger partial charge < -0.3 is 5.11 Å². The van der Waals surface area contributed by atoms with E-state index in [2.05, 4.69) is 5.10 Å². The molecule has 0 spiro atoms. The highest BCUT2D eigenvalue weighted by molar-refractivity contribution is 5.88. The highest BCUT2D eigenvalue weighted by atomic mass is 19.1. The molecule has 1 heterocycles. The largest absolute Gasteiger partial charge is 0.477 e. The summed E-state index contributed by atoms with van der Waals surface area (Å²) in [5, 5.41) is 11.7. The van der Waals surface area contributed by atoms with Crippen LogP contribution in [0, 0.1) is 5.82 Å². The second-order valence-corrected chi connectivity index (χ2v) is 3.74. The number of carboxylic acid groups (broad SMARTS) is 1. The van der Waals surface area contributed by atoms with Gasteiger partial charge in [-0.3, -0.25) is 9.89 Å². The predicted molar refractivity (Wildman–Crippen MR) is 62.7 cm³/mol. The molecule has 5 nitrogen and oxygen atoms in total. The van der Waals surface area contributed by atoms with E-state index in [4.69, 9.17) is 5.11 Å². The first-order valence-corrected chi connectivity index (χ1v) is 5.37. The number of aromatic nitrogens is 2. The Morgan fingerprint density at radius 2 is 2.00 bits per heavy atom. The molecule has 2 N–H and O–H groups in total. The third-order valence-corrected chi connectivity index (χ3v) is 2.62. The lowest BCUT2D eigenvalue weighted by Gasteiger charge is -2.00. The van der Waals surface area contributed by atoms with Crippen LogP contribution in [0.2, 0.25) is 0 Å². The Morgan fingerprint density at radius 1 is 1.39 bits per heavy atom. The first-order valence-electron chi connectivity index (χ1n) is 5.37. The maximum atomic E-state index is 12.8. The number of nitrogens with one attached hydrogen (secondary N) is 1. The first-order chi connectivity index (χ1) is 8.54. The Labute approximate surface area is 101 Å². The molecule has 1 aromatic carbocycles. The average molecular weight is 250 g/mol. The van der Waals surface area contributed by atoms with Crippen molar-refractivity contribution in [3.05, 3.63) is 51.7 Å². The zero-order valence-electron chi connectivity index (χ0n) is 9.61. The lowest BCUT2D eigenvalue weighted by molar-refractivity contribution is 0.0694. The van der Waals surface area contributed by atoms with Crippen molar-refractivity contribution in [1.82, 2.24) is 9.78 Å². The summed E-state index contributed by atoms with van der Waals surface area (Å²) in [6.07, 6.45) is 0.394. The Kier molecular flexibility index (Phi) is 3.01.